The van der Waals surface area contributed by atoms with Gasteiger partial charge in [0.2, 0.25) is 0 Å². The van der Waals surface area contributed by atoms with Crippen molar-refractivity contribution in [3.8, 4) is 0 Å². The number of hydrogen-bond donors (Lipinski definition) is 1. The average molecular weight is 189 g/mol. The summed E-state index contributed by atoms with van der Waals surface area (Å²) in [5.41, 5.74) is 0. The molecule has 13 heavy (non-hydrogen) atoms. The van der Waals surface area contributed by atoms with Crippen LogP contribution in [-0.4, -0.2) is 41.8 Å². The molecular weight excluding hydrogens is 174 g/mol. The standard InChI is InChI=1S/C8H15NO4/c1-3-5-9(6-7(10)11)8(12)13-4-2/h3-6H2,1-2H3,(H,10,11). The molecule has 0 aromatic carbocycles. The Morgan fingerprint density at radius 2 is 2.00 bits per heavy atom. The number of rotatable bonds is 5. The topological polar surface area (TPSA) is 66.8 Å². The molecule has 0 rings (SSSR count). The fourth-order valence-electron chi connectivity index (χ4n) is 0.883. The molecule has 0 aliphatic heterocycles. The number of amides is 1. The highest BCUT2D eigenvalue weighted by molar-refractivity contribution is 5.76. The van der Waals surface area contributed by atoms with E-state index in [9.17, 15) is 9.59 Å². The molecule has 0 bridgehead atoms. The molecule has 0 radical (unpaired) electrons. The lowest BCUT2D eigenvalue weighted by Crippen LogP contribution is -2.36. The Labute approximate surface area is 77.3 Å². The Morgan fingerprint density at radius 3 is 2.38 bits per heavy atom. The number of nitrogens with zero attached hydrogens (tertiary/aromatic N) is 1. The van der Waals surface area contributed by atoms with E-state index in [0.717, 1.165) is 0 Å². The van der Waals surface area contributed by atoms with Gasteiger partial charge in [0.05, 0.1) is 6.61 Å². The van der Waals surface area contributed by atoms with Gasteiger partial charge in [-0.2, -0.15) is 0 Å². The Bertz CT molecular complexity index is 181. The molecule has 0 heterocycles. The van der Waals surface area contributed by atoms with Crippen molar-refractivity contribution in [2.24, 2.45) is 0 Å². The van der Waals surface area contributed by atoms with Crippen LogP contribution in [0.15, 0.2) is 0 Å². The number of carboxylic acids is 1. The average Bonchev–Trinajstić information content (AvgIpc) is 2.03. The fourth-order valence-corrected chi connectivity index (χ4v) is 0.883. The molecule has 0 saturated carbocycles. The molecule has 76 valence electrons. The fraction of sp³-hybridized carbons (Fsp3) is 0.750. The lowest BCUT2D eigenvalue weighted by Gasteiger charge is -2.18. The van der Waals surface area contributed by atoms with Gasteiger partial charge in [-0.1, -0.05) is 6.92 Å². The number of aliphatic carboxylic acids is 1. The van der Waals surface area contributed by atoms with Gasteiger partial charge in [0.25, 0.3) is 0 Å². The molecule has 5 nitrogen and oxygen atoms in total. The van der Waals surface area contributed by atoms with Crippen LogP contribution in [0.25, 0.3) is 0 Å². The number of ether oxygens (including phenoxy) is 1. The molecule has 0 saturated heterocycles. The van der Waals surface area contributed by atoms with E-state index in [1.807, 2.05) is 6.92 Å². The monoisotopic (exact) mass is 189 g/mol. The second kappa shape index (κ2) is 6.28. The van der Waals surface area contributed by atoms with Gasteiger partial charge < -0.3 is 9.84 Å². The van der Waals surface area contributed by atoms with E-state index >= 15 is 0 Å². The maximum atomic E-state index is 11.1. The Hall–Kier alpha value is -1.26. The van der Waals surface area contributed by atoms with Gasteiger partial charge >= 0.3 is 12.1 Å². The van der Waals surface area contributed by atoms with E-state index in [0.29, 0.717) is 13.0 Å². The van der Waals surface area contributed by atoms with Crippen molar-refractivity contribution in [2.45, 2.75) is 20.3 Å². The van der Waals surface area contributed by atoms with Crippen LogP contribution in [0, 0.1) is 0 Å². The minimum Gasteiger partial charge on any atom is -0.480 e. The molecule has 0 aliphatic rings. The van der Waals surface area contributed by atoms with E-state index in [-0.39, 0.29) is 13.2 Å². The zero-order chi connectivity index (χ0) is 10.3. The highest BCUT2D eigenvalue weighted by atomic mass is 16.6. The molecule has 0 atom stereocenters. The predicted octanol–water partition coefficient (Wildman–Crippen LogP) is 0.939. The molecule has 1 N–H and O–H groups in total. The third-order valence-electron chi connectivity index (χ3n) is 1.35. The summed E-state index contributed by atoms with van der Waals surface area (Å²) in [4.78, 5) is 22.6. The van der Waals surface area contributed by atoms with E-state index in [1.54, 1.807) is 6.92 Å². The maximum Gasteiger partial charge on any atom is 0.410 e. The van der Waals surface area contributed by atoms with E-state index in [1.165, 1.54) is 4.90 Å². The van der Waals surface area contributed by atoms with Gasteiger partial charge in [0.15, 0.2) is 0 Å². The number of hydrogen-bond acceptors (Lipinski definition) is 3. The zero-order valence-corrected chi connectivity index (χ0v) is 7.95. The molecule has 0 aromatic rings. The van der Waals surface area contributed by atoms with Crippen molar-refractivity contribution in [3.63, 3.8) is 0 Å². The van der Waals surface area contributed by atoms with Crippen LogP contribution in [0.4, 0.5) is 4.79 Å². The lowest BCUT2D eigenvalue weighted by atomic mass is 10.4. The molecule has 5 heteroatoms. The molecule has 0 unspecified atom stereocenters. The Kier molecular flexibility index (Phi) is 5.67. The minimum atomic E-state index is -1.03. The predicted molar refractivity (Wildman–Crippen MR) is 46.5 cm³/mol. The van der Waals surface area contributed by atoms with Crippen molar-refractivity contribution in [3.05, 3.63) is 0 Å². The van der Waals surface area contributed by atoms with E-state index < -0.39 is 12.1 Å². The first-order valence-corrected chi connectivity index (χ1v) is 4.25. The first-order chi connectivity index (χ1) is 6.11. The summed E-state index contributed by atoms with van der Waals surface area (Å²) in [6.45, 7) is 3.92. The number of carboxylic acid groups (broad SMARTS) is 1. The second-order valence-electron chi connectivity index (χ2n) is 2.51. The van der Waals surface area contributed by atoms with Gasteiger partial charge in [-0.25, -0.2) is 4.79 Å². The molecule has 0 spiro atoms. The van der Waals surface area contributed by atoms with Gasteiger partial charge in [-0.05, 0) is 13.3 Å². The summed E-state index contributed by atoms with van der Waals surface area (Å²) in [7, 11) is 0. The number of carbonyl (C=O) groups is 2. The van der Waals surface area contributed by atoms with Gasteiger partial charge in [0, 0.05) is 6.54 Å². The molecule has 0 fully saturated rings. The first-order valence-electron chi connectivity index (χ1n) is 4.25. The maximum absolute atomic E-state index is 11.1. The lowest BCUT2D eigenvalue weighted by molar-refractivity contribution is -0.138. The molecular formula is C8H15NO4. The third kappa shape index (κ3) is 5.05. The van der Waals surface area contributed by atoms with Crippen molar-refractivity contribution in [1.82, 2.24) is 4.90 Å². The number of carbonyl (C=O) groups excluding carboxylic acids is 1. The largest absolute Gasteiger partial charge is 0.480 e. The highest BCUT2D eigenvalue weighted by Gasteiger charge is 2.16. The smallest absolute Gasteiger partial charge is 0.410 e. The van der Waals surface area contributed by atoms with Crippen LogP contribution in [-0.2, 0) is 9.53 Å². The van der Waals surface area contributed by atoms with Crippen LogP contribution in [0.3, 0.4) is 0 Å². The van der Waals surface area contributed by atoms with Crippen LogP contribution in [0.5, 0.6) is 0 Å². The molecule has 0 aliphatic carbocycles. The second-order valence-corrected chi connectivity index (χ2v) is 2.51. The van der Waals surface area contributed by atoms with Crippen molar-refractivity contribution >= 4 is 12.1 Å². The Balaban J connectivity index is 4.06. The SMILES string of the molecule is CCCN(CC(=O)O)C(=O)OCC. The summed E-state index contributed by atoms with van der Waals surface area (Å²) in [6.07, 6.45) is 0.151. The molecule has 1 amide bonds. The summed E-state index contributed by atoms with van der Waals surface area (Å²) >= 11 is 0. The van der Waals surface area contributed by atoms with Crippen LogP contribution in [0.2, 0.25) is 0 Å². The minimum absolute atomic E-state index is 0.263. The highest BCUT2D eigenvalue weighted by Crippen LogP contribution is 1.95. The van der Waals surface area contributed by atoms with Crippen molar-refractivity contribution < 1.29 is 19.4 Å². The van der Waals surface area contributed by atoms with E-state index in [2.05, 4.69) is 4.74 Å². The van der Waals surface area contributed by atoms with Gasteiger partial charge in [-0.3, -0.25) is 9.69 Å². The van der Waals surface area contributed by atoms with Gasteiger partial charge in [0.1, 0.15) is 6.54 Å². The normalized spacial score (nSPS) is 9.38. The van der Waals surface area contributed by atoms with Crippen LogP contribution in [0.1, 0.15) is 20.3 Å². The van der Waals surface area contributed by atoms with Crippen LogP contribution >= 0.6 is 0 Å². The van der Waals surface area contributed by atoms with Gasteiger partial charge in [-0.15, -0.1) is 0 Å². The van der Waals surface area contributed by atoms with Crippen molar-refractivity contribution in [1.29, 1.82) is 0 Å². The first kappa shape index (κ1) is 11.7. The summed E-state index contributed by atoms with van der Waals surface area (Å²) in [5.74, 6) is -1.03. The third-order valence-corrected chi connectivity index (χ3v) is 1.35. The summed E-state index contributed by atoms with van der Waals surface area (Å²) in [5, 5.41) is 8.48. The Morgan fingerprint density at radius 1 is 1.38 bits per heavy atom. The van der Waals surface area contributed by atoms with E-state index in [4.69, 9.17) is 5.11 Å². The van der Waals surface area contributed by atoms with Crippen LogP contribution < -0.4 is 0 Å². The summed E-state index contributed by atoms with van der Waals surface area (Å²) in [6, 6.07) is 0. The zero-order valence-electron chi connectivity index (χ0n) is 7.95. The van der Waals surface area contributed by atoms with Crippen molar-refractivity contribution in [2.75, 3.05) is 19.7 Å². The quantitative estimate of drug-likeness (QED) is 0.698. The molecule has 0 aromatic heterocycles. The summed E-state index contributed by atoms with van der Waals surface area (Å²) < 4.78 is 4.68.